The lowest BCUT2D eigenvalue weighted by molar-refractivity contribution is 0.0693. The molecule has 0 aliphatic heterocycles. The van der Waals surface area contributed by atoms with Crippen LogP contribution in [0.4, 0.5) is 4.39 Å². The summed E-state index contributed by atoms with van der Waals surface area (Å²) >= 11 is 3.03. The summed E-state index contributed by atoms with van der Waals surface area (Å²) in [6, 6.07) is 7.02. The first kappa shape index (κ1) is 13.5. The Balaban J connectivity index is 2.39. The molecule has 2 rings (SSSR count). The number of aromatic nitrogens is 1. The Morgan fingerprint density at radius 2 is 2.11 bits per heavy atom. The molecule has 0 bridgehead atoms. The molecule has 6 heteroatoms. The SMILES string of the molecule is Cc1ccc(C(=O)O)c(Oc2ccc(F)c(Br)c2)n1. The third kappa shape index (κ3) is 3.08. The number of carboxylic acid groups (broad SMARTS) is 1. The van der Waals surface area contributed by atoms with Crippen molar-refractivity contribution in [2.75, 3.05) is 0 Å². The molecule has 98 valence electrons. The van der Waals surface area contributed by atoms with Crippen LogP contribution in [0.5, 0.6) is 11.6 Å². The minimum absolute atomic E-state index is 0.0222. The smallest absolute Gasteiger partial charge is 0.341 e. The zero-order valence-corrected chi connectivity index (χ0v) is 11.4. The van der Waals surface area contributed by atoms with Crippen molar-refractivity contribution in [1.29, 1.82) is 0 Å². The van der Waals surface area contributed by atoms with Gasteiger partial charge < -0.3 is 9.84 Å². The summed E-state index contributed by atoms with van der Waals surface area (Å²) in [6.07, 6.45) is 0. The number of aromatic carboxylic acids is 1. The van der Waals surface area contributed by atoms with Gasteiger partial charge in [0.15, 0.2) is 0 Å². The number of benzene rings is 1. The van der Waals surface area contributed by atoms with E-state index in [1.165, 1.54) is 24.3 Å². The van der Waals surface area contributed by atoms with Gasteiger partial charge in [0.25, 0.3) is 0 Å². The third-order valence-corrected chi connectivity index (χ3v) is 2.94. The van der Waals surface area contributed by atoms with Gasteiger partial charge in [0.2, 0.25) is 5.88 Å². The minimum atomic E-state index is -1.14. The lowest BCUT2D eigenvalue weighted by atomic mass is 10.2. The number of carboxylic acids is 1. The Morgan fingerprint density at radius 3 is 2.74 bits per heavy atom. The maximum absolute atomic E-state index is 13.1. The van der Waals surface area contributed by atoms with E-state index in [9.17, 15) is 9.18 Å². The van der Waals surface area contributed by atoms with Crippen molar-refractivity contribution >= 4 is 21.9 Å². The predicted octanol–water partition coefficient (Wildman–Crippen LogP) is 3.78. The highest BCUT2D eigenvalue weighted by Crippen LogP contribution is 2.27. The van der Waals surface area contributed by atoms with Gasteiger partial charge >= 0.3 is 5.97 Å². The van der Waals surface area contributed by atoms with Gasteiger partial charge in [-0.1, -0.05) is 0 Å². The second kappa shape index (κ2) is 5.36. The summed E-state index contributed by atoms with van der Waals surface area (Å²) in [5.41, 5.74) is 0.576. The molecule has 0 saturated carbocycles. The van der Waals surface area contributed by atoms with E-state index in [1.807, 2.05) is 0 Å². The van der Waals surface area contributed by atoms with Crippen molar-refractivity contribution in [3.05, 3.63) is 51.9 Å². The van der Waals surface area contributed by atoms with Crippen molar-refractivity contribution in [2.45, 2.75) is 6.92 Å². The molecule has 0 aliphatic rings. The molecule has 0 fully saturated rings. The van der Waals surface area contributed by atoms with Gasteiger partial charge in [0.05, 0.1) is 4.47 Å². The Hall–Kier alpha value is -1.95. The van der Waals surface area contributed by atoms with Gasteiger partial charge in [0, 0.05) is 5.69 Å². The number of carbonyl (C=O) groups is 1. The highest BCUT2D eigenvalue weighted by molar-refractivity contribution is 9.10. The molecule has 2 aromatic rings. The van der Waals surface area contributed by atoms with Crippen LogP contribution >= 0.6 is 15.9 Å². The van der Waals surface area contributed by atoms with Gasteiger partial charge in [0.1, 0.15) is 17.1 Å². The number of hydrogen-bond acceptors (Lipinski definition) is 3. The minimum Gasteiger partial charge on any atom is -0.477 e. The number of nitrogens with zero attached hydrogens (tertiary/aromatic N) is 1. The lowest BCUT2D eigenvalue weighted by Gasteiger charge is -2.08. The van der Waals surface area contributed by atoms with Crippen molar-refractivity contribution in [3.63, 3.8) is 0 Å². The van der Waals surface area contributed by atoms with Crippen LogP contribution < -0.4 is 4.74 Å². The van der Waals surface area contributed by atoms with Crippen molar-refractivity contribution in [3.8, 4) is 11.6 Å². The highest BCUT2D eigenvalue weighted by atomic mass is 79.9. The Labute approximate surface area is 117 Å². The molecule has 0 saturated heterocycles. The number of pyridine rings is 1. The molecule has 4 nitrogen and oxygen atoms in total. The lowest BCUT2D eigenvalue weighted by Crippen LogP contribution is -2.02. The van der Waals surface area contributed by atoms with Crippen molar-refractivity contribution in [1.82, 2.24) is 4.98 Å². The first-order valence-corrected chi connectivity index (χ1v) is 6.10. The molecule has 0 aliphatic carbocycles. The molecular formula is C13H9BrFNO3. The van der Waals surface area contributed by atoms with Crippen LogP contribution in [-0.2, 0) is 0 Å². The molecule has 1 heterocycles. The summed E-state index contributed by atoms with van der Waals surface area (Å²) in [6.45, 7) is 1.72. The molecule has 0 spiro atoms. The van der Waals surface area contributed by atoms with E-state index in [0.717, 1.165) is 0 Å². The molecule has 0 atom stereocenters. The van der Waals surface area contributed by atoms with Gasteiger partial charge in [-0.3, -0.25) is 0 Å². The fraction of sp³-hybridized carbons (Fsp3) is 0.0769. The molecule has 19 heavy (non-hydrogen) atoms. The van der Waals surface area contributed by atoms with Crippen molar-refractivity contribution in [2.24, 2.45) is 0 Å². The second-order valence-electron chi connectivity index (χ2n) is 3.79. The normalized spacial score (nSPS) is 10.3. The summed E-state index contributed by atoms with van der Waals surface area (Å²) in [7, 11) is 0. The maximum atomic E-state index is 13.1. The van der Waals surface area contributed by atoms with E-state index in [-0.39, 0.29) is 15.9 Å². The molecule has 0 radical (unpaired) electrons. The first-order chi connectivity index (χ1) is 8.97. The second-order valence-corrected chi connectivity index (χ2v) is 4.64. The van der Waals surface area contributed by atoms with Gasteiger partial charge in [-0.15, -0.1) is 0 Å². The zero-order chi connectivity index (χ0) is 14.0. The number of rotatable bonds is 3. The number of ether oxygens (including phenoxy) is 1. The zero-order valence-electron chi connectivity index (χ0n) is 9.85. The van der Waals surface area contributed by atoms with Crippen LogP contribution in [0.2, 0.25) is 0 Å². The quantitative estimate of drug-likeness (QED) is 0.932. The average molecular weight is 326 g/mol. The van der Waals surface area contributed by atoms with E-state index in [4.69, 9.17) is 9.84 Å². The Bertz CT molecular complexity index is 646. The van der Waals surface area contributed by atoms with Crippen LogP contribution in [-0.4, -0.2) is 16.1 Å². The van der Waals surface area contributed by atoms with Gasteiger partial charge in [-0.05, 0) is 53.2 Å². The summed E-state index contributed by atoms with van der Waals surface area (Å²) < 4.78 is 18.7. The van der Waals surface area contributed by atoms with Crippen LogP contribution in [0.3, 0.4) is 0 Å². The molecule has 0 amide bonds. The molecule has 0 unspecified atom stereocenters. The summed E-state index contributed by atoms with van der Waals surface area (Å²) in [5.74, 6) is -1.29. The molecular weight excluding hydrogens is 317 g/mol. The largest absolute Gasteiger partial charge is 0.477 e. The fourth-order valence-corrected chi connectivity index (χ4v) is 1.78. The standard InChI is InChI=1S/C13H9BrFNO3/c1-7-2-4-9(13(17)18)12(16-7)19-8-3-5-11(15)10(14)6-8/h2-6H,1H3,(H,17,18). The summed E-state index contributed by atoms with van der Waals surface area (Å²) in [5, 5.41) is 9.04. The topological polar surface area (TPSA) is 59.4 Å². The molecule has 1 aromatic heterocycles. The predicted molar refractivity (Wildman–Crippen MR) is 70.1 cm³/mol. The Morgan fingerprint density at radius 1 is 1.37 bits per heavy atom. The highest BCUT2D eigenvalue weighted by Gasteiger charge is 2.14. The van der Waals surface area contributed by atoms with Crippen LogP contribution in [0.25, 0.3) is 0 Å². The maximum Gasteiger partial charge on any atom is 0.341 e. The average Bonchev–Trinajstić information content (AvgIpc) is 2.33. The van der Waals surface area contributed by atoms with E-state index in [1.54, 1.807) is 13.0 Å². The molecule has 1 N–H and O–H groups in total. The van der Waals surface area contributed by atoms with E-state index >= 15 is 0 Å². The fourth-order valence-electron chi connectivity index (χ4n) is 1.43. The van der Waals surface area contributed by atoms with Gasteiger partial charge in [-0.25, -0.2) is 14.2 Å². The van der Waals surface area contributed by atoms with Crippen LogP contribution in [0, 0.1) is 12.7 Å². The number of hydrogen-bond donors (Lipinski definition) is 1. The third-order valence-electron chi connectivity index (χ3n) is 2.34. The van der Waals surface area contributed by atoms with Gasteiger partial charge in [-0.2, -0.15) is 0 Å². The number of halogens is 2. The van der Waals surface area contributed by atoms with Crippen LogP contribution in [0.15, 0.2) is 34.8 Å². The number of aryl methyl sites for hydroxylation is 1. The van der Waals surface area contributed by atoms with E-state index in [0.29, 0.717) is 11.4 Å². The monoisotopic (exact) mass is 325 g/mol. The van der Waals surface area contributed by atoms with E-state index in [2.05, 4.69) is 20.9 Å². The Kier molecular flexibility index (Phi) is 3.80. The van der Waals surface area contributed by atoms with E-state index < -0.39 is 11.8 Å². The first-order valence-electron chi connectivity index (χ1n) is 5.31. The summed E-state index contributed by atoms with van der Waals surface area (Å²) in [4.78, 5) is 15.1. The van der Waals surface area contributed by atoms with Crippen molar-refractivity contribution < 1.29 is 19.0 Å². The van der Waals surface area contributed by atoms with Crippen LogP contribution in [0.1, 0.15) is 16.1 Å². The molecule has 1 aromatic carbocycles.